The van der Waals surface area contributed by atoms with Gasteiger partial charge in [-0.25, -0.2) is 4.79 Å². The van der Waals surface area contributed by atoms with Crippen LogP contribution in [0.15, 0.2) is 65.4 Å². The summed E-state index contributed by atoms with van der Waals surface area (Å²) in [6.45, 7) is 1.62. The molecule has 1 amide bonds. The Balaban J connectivity index is 2.15. The molecule has 142 valence electrons. The van der Waals surface area contributed by atoms with Gasteiger partial charge in [0, 0.05) is 22.9 Å². The van der Waals surface area contributed by atoms with Crippen LogP contribution in [0.3, 0.4) is 0 Å². The normalized spacial score (nSPS) is 15.3. The number of nitro benzene ring substituents is 1. The number of halogens is 1. The summed E-state index contributed by atoms with van der Waals surface area (Å²) in [5, 5.41) is 11.4. The van der Waals surface area contributed by atoms with Crippen molar-refractivity contribution >= 4 is 40.9 Å². The minimum absolute atomic E-state index is 0.0878. The summed E-state index contributed by atoms with van der Waals surface area (Å²) in [6, 6.07) is 12.5. The number of carbonyl (C=O) groups excluding carboxylic acids is 2. The van der Waals surface area contributed by atoms with Gasteiger partial charge in [0.15, 0.2) is 0 Å². The van der Waals surface area contributed by atoms with Crippen molar-refractivity contribution in [3.05, 3.63) is 86.1 Å². The minimum atomic E-state index is -0.674. The van der Waals surface area contributed by atoms with Gasteiger partial charge in [0.25, 0.3) is 11.6 Å². The van der Waals surface area contributed by atoms with Crippen LogP contribution in [0, 0.1) is 10.1 Å². The van der Waals surface area contributed by atoms with E-state index in [1.807, 2.05) is 0 Å². The lowest BCUT2D eigenvalue weighted by Gasteiger charge is -2.18. The first kappa shape index (κ1) is 19.3. The van der Waals surface area contributed by atoms with Gasteiger partial charge in [-0.3, -0.25) is 19.8 Å². The van der Waals surface area contributed by atoms with E-state index in [1.165, 1.54) is 36.3 Å². The van der Waals surface area contributed by atoms with Crippen LogP contribution >= 0.6 is 11.6 Å². The van der Waals surface area contributed by atoms with Crippen molar-refractivity contribution in [3.8, 4) is 0 Å². The molecule has 7 nitrogen and oxygen atoms in total. The highest BCUT2D eigenvalue weighted by Gasteiger charge is 2.38. The van der Waals surface area contributed by atoms with Crippen LogP contribution in [0.1, 0.15) is 12.5 Å². The maximum Gasteiger partial charge on any atom is 0.340 e. The van der Waals surface area contributed by atoms with Gasteiger partial charge in [-0.2, -0.15) is 0 Å². The van der Waals surface area contributed by atoms with Crippen LogP contribution < -0.4 is 4.90 Å². The van der Waals surface area contributed by atoms with Crippen LogP contribution in [0.5, 0.6) is 0 Å². The smallest absolute Gasteiger partial charge is 0.340 e. The summed E-state index contributed by atoms with van der Waals surface area (Å²) in [5.74, 6) is -1.13. The molecular formula is C20H15ClN2O5. The van der Waals surface area contributed by atoms with E-state index in [9.17, 15) is 19.7 Å². The number of anilines is 1. The molecule has 0 saturated carbocycles. The second-order valence-corrected chi connectivity index (χ2v) is 6.42. The maximum absolute atomic E-state index is 13.1. The molecule has 0 radical (unpaired) electrons. The molecule has 0 saturated heterocycles. The lowest BCUT2D eigenvalue weighted by Crippen LogP contribution is -2.24. The molecule has 28 heavy (non-hydrogen) atoms. The Hall–Kier alpha value is -3.45. The van der Waals surface area contributed by atoms with Crippen LogP contribution in [-0.4, -0.2) is 23.9 Å². The van der Waals surface area contributed by atoms with Crippen LogP contribution in [0.25, 0.3) is 6.08 Å². The molecule has 0 unspecified atom stereocenters. The molecule has 0 bridgehead atoms. The first-order chi connectivity index (χ1) is 13.3. The fraction of sp³-hybridized carbons (Fsp3) is 0.100. The molecule has 1 aliphatic heterocycles. The molecule has 0 aromatic heterocycles. The molecule has 8 heteroatoms. The number of nitro groups is 1. The average molecular weight is 399 g/mol. The number of non-ortho nitro benzene ring substituents is 1. The van der Waals surface area contributed by atoms with Crippen LogP contribution in [-0.2, 0) is 14.3 Å². The third-order valence-electron chi connectivity index (χ3n) is 4.25. The van der Waals surface area contributed by atoms with Crippen molar-refractivity contribution in [1.29, 1.82) is 0 Å². The Bertz CT molecular complexity index is 1060. The zero-order valence-electron chi connectivity index (χ0n) is 15.0. The molecule has 0 aliphatic carbocycles. The molecule has 0 atom stereocenters. The van der Waals surface area contributed by atoms with E-state index in [0.717, 1.165) is 0 Å². The highest BCUT2D eigenvalue weighted by molar-refractivity contribution is 6.31. The topological polar surface area (TPSA) is 89.8 Å². The summed E-state index contributed by atoms with van der Waals surface area (Å²) >= 11 is 6.03. The first-order valence-electron chi connectivity index (χ1n) is 8.19. The van der Waals surface area contributed by atoms with Gasteiger partial charge in [-0.1, -0.05) is 29.8 Å². The lowest BCUT2D eigenvalue weighted by molar-refractivity contribution is -0.384. The van der Waals surface area contributed by atoms with Crippen molar-refractivity contribution < 1.29 is 19.2 Å². The Morgan fingerprint density at radius 3 is 2.57 bits per heavy atom. The number of benzene rings is 2. The van der Waals surface area contributed by atoms with E-state index in [0.29, 0.717) is 22.0 Å². The zero-order chi connectivity index (χ0) is 20.4. The zero-order valence-corrected chi connectivity index (χ0v) is 15.8. The van der Waals surface area contributed by atoms with Gasteiger partial charge in [0.05, 0.1) is 28.9 Å². The lowest BCUT2D eigenvalue weighted by atomic mass is 10.0. The van der Waals surface area contributed by atoms with Gasteiger partial charge in [-0.15, -0.1) is 0 Å². The number of rotatable bonds is 4. The Labute approximate surface area is 165 Å². The number of esters is 1. The second kappa shape index (κ2) is 7.66. The number of allylic oxidation sites excluding steroid dienone is 1. The van der Waals surface area contributed by atoms with Gasteiger partial charge in [0.2, 0.25) is 0 Å². The quantitative estimate of drug-likeness (QED) is 0.334. The predicted octanol–water partition coefficient (Wildman–Crippen LogP) is 4.13. The van der Waals surface area contributed by atoms with E-state index in [1.54, 1.807) is 37.3 Å². The Morgan fingerprint density at radius 1 is 1.21 bits per heavy atom. The highest BCUT2D eigenvalue weighted by atomic mass is 35.5. The largest absolute Gasteiger partial charge is 0.465 e. The second-order valence-electron chi connectivity index (χ2n) is 5.98. The molecule has 2 aromatic carbocycles. The number of hydrogen-bond acceptors (Lipinski definition) is 5. The third kappa shape index (κ3) is 3.52. The molecule has 1 aliphatic rings. The number of nitrogens with zero attached hydrogens (tertiary/aromatic N) is 2. The number of methoxy groups -OCH3 is 1. The highest BCUT2D eigenvalue weighted by Crippen LogP contribution is 2.36. The molecule has 1 heterocycles. The monoisotopic (exact) mass is 398 g/mol. The Kier molecular flexibility index (Phi) is 5.28. The van der Waals surface area contributed by atoms with E-state index < -0.39 is 16.8 Å². The van der Waals surface area contributed by atoms with E-state index >= 15 is 0 Å². The fourth-order valence-corrected chi connectivity index (χ4v) is 3.19. The summed E-state index contributed by atoms with van der Waals surface area (Å²) in [5.41, 5.74) is 1.37. The van der Waals surface area contributed by atoms with Gasteiger partial charge >= 0.3 is 5.97 Å². The predicted molar refractivity (Wildman–Crippen MR) is 105 cm³/mol. The van der Waals surface area contributed by atoms with Crippen LogP contribution in [0.2, 0.25) is 5.02 Å². The standard InChI is InChI=1S/C20H15ClN2O5/c1-12-18(20(25)28-2)17(10-13-5-3-8-16(9-13)23(26)27)19(24)22(12)15-7-4-6-14(21)11-15/h3-11H,1-2H3/b17-10-. The van der Waals surface area contributed by atoms with Crippen molar-refractivity contribution in [2.24, 2.45) is 0 Å². The average Bonchev–Trinajstić information content (AvgIpc) is 2.91. The SMILES string of the molecule is COC(=O)C1=C(C)N(c2cccc(Cl)c2)C(=O)/C1=C\c1cccc([N+](=O)[O-])c1. The minimum Gasteiger partial charge on any atom is -0.465 e. The van der Waals surface area contributed by atoms with E-state index in [2.05, 4.69) is 0 Å². The fourth-order valence-electron chi connectivity index (χ4n) is 3.00. The van der Waals surface area contributed by atoms with Crippen LogP contribution in [0.4, 0.5) is 11.4 Å². The molecule has 2 aromatic rings. The Morgan fingerprint density at radius 2 is 1.93 bits per heavy atom. The van der Waals surface area contributed by atoms with Crippen molar-refractivity contribution in [1.82, 2.24) is 0 Å². The first-order valence-corrected chi connectivity index (χ1v) is 8.57. The maximum atomic E-state index is 13.1. The third-order valence-corrected chi connectivity index (χ3v) is 4.48. The summed E-state index contributed by atoms with van der Waals surface area (Å²) in [6.07, 6.45) is 1.44. The van der Waals surface area contributed by atoms with E-state index in [-0.39, 0.29) is 16.8 Å². The summed E-state index contributed by atoms with van der Waals surface area (Å²) in [7, 11) is 1.22. The molecule has 3 rings (SSSR count). The van der Waals surface area contributed by atoms with Gasteiger partial charge < -0.3 is 4.74 Å². The molecule has 0 fully saturated rings. The van der Waals surface area contributed by atoms with Crippen molar-refractivity contribution in [3.63, 3.8) is 0 Å². The van der Waals surface area contributed by atoms with Gasteiger partial charge in [-0.05, 0) is 36.8 Å². The summed E-state index contributed by atoms with van der Waals surface area (Å²) < 4.78 is 4.84. The van der Waals surface area contributed by atoms with Crippen molar-refractivity contribution in [2.45, 2.75) is 6.92 Å². The molecule has 0 N–H and O–H groups in total. The van der Waals surface area contributed by atoms with Crippen molar-refractivity contribution in [2.75, 3.05) is 12.0 Å². The molecule has 0 spiro atoms. The number of amides is 1. The van der Waals surface area contributed by atoms with Gasteiger partial charge in [0.1, 0.15) is 0 Å². The number of ether oxygens (including phenoxy) is 1. The number of hydrogen-bond donors (Lipinski definition) is 0. The van der Waals surface area contributed by atoms with E-state index in [4.69, 9.17) is 16.3 Å². The summed E-state index contributed by atoms with van der Waals surface area (Å²) in [4.78, 5) is 37.3. The molecular weight excluding hydrogens is 384 g/mol. The number of carbonyl (C=O) groups is 2.